The first-order valence-corrected chi connectivity index (χ1v) is 7.18. The summed E-state index contributed by atoms with van der Waals surface area (Å²) in [4.78, 5) is 11.6. The number of hydrogen-bond acceptors (Lipinski definition) is 5. The highest BCUT2D eigenvalue weighted by Gasteiger charge is 2.18. The van der Waals surface area contributed by atoms with Gasteiger partial charge in [-0.2, -0.15) is 0 Å². The highest BCUT2D eigenvalue weighted by molar-refractivity contribution is 5.74. The predicted molar refractivity (Wildman–Crippen MR) is 88.7 cm³/mol. The van der Waals surface area contributed by atoms with Crippen molar-refractivity contribution in [2.75, 3.05) is 19.8 Å². The first-order chi connectivity index (χ1) is 11.1. The first-order valence-electron chi connectivity index (χ1n) is 7.18. The molecular formula is C18H22O5. The van der Waals surface area contributed by atoms with E-state index in [4.69, 9.17) is 14.2 Å². The molecule has 0 fully saturated rings. The SMILES string of the molecule is C=CCOC(=O)C(O)Cc1ccc(OCC=C)c(OCC=C)c1. The van der Waals surface area contributed by atoms with E-state index in [-0.39, 0.29) is 13.0 Å². The third kappa shape index (κ3) is 6.40. The van der Waals surface area contributed by atoms with E-state index in [9.17, 15) is 9.90 Å². The number of ether oxygens (including phenoxy) is 3. The summed E-state index contributed by atoms with van der Waals surface area (Å²) in [5.74, 6) is 0.376. The van der Waals surface area contributed by atoms with Crippen molar-refractivity contribution in [1.82, 2.24) is 0 Å². The monoisotopic (exact) mass is 318 g/mol. The van der Waals surface area contributed by atoms with Crippen LogP contribution in [0.4, 0.5) is 0 Å². The molecule has 0 aliphatic rings. The molecule has 0 aliphatic heterocycles. The van der Waals surface area contributed by atoms with E-state index < -0.39 is 12.1 Å². The van der Waals surface area contributed by atoms with Crippen LogP contribution in [0, 0.1) is 0 Å². The summed E-state index contributed by atoms with van der Waals surface area (Å²) in [7, 11) is 0. The van der Waals surface area contributed by atoms with E-state index in [0.717, 1.165) is 5.56 Å². The standard InChI is InChI=1S/C18H22O5/c1-4-9-21-16-8-7-14(13-17(16)22-10-5-2)12-15(19)18(20)23-11-6-3/h4-8,13,15,19H,1-3,9-12H2. The molecule has 0 saturated heterocycles. The van der Waals surface area contributed by atoms with Crippen LogP contribution in [0.3, 0.4) is 0 Å². The second-order valence-corrected chi connectivity index (χ2v) is 4.62. The van der Waals surface area contributed by atoms with Crippen LogP contribution in [-0.4, -0.2) is 37.0 Å². The minimum Gasteiger partial charge on any atom is -0.486 e. The van der Waals surface area contributed by atoms with Crippen molar-refractivity contribution in [3.63, 3.8) is 0 Å². The van der Waals surface area contributed by atoms with Gasteiger partial charge in [-0.25, -0.2) is 4.79 Å². The van der Waals surface area contributed by atoms with Crippen molar-refractivity contribution >= 4 is 5.97 Å². The fraction of sp³-hybridized carbons (Fsp3) is 0.278. The molecule has 1 atom stereocenters. The third-order valence-corrected chi connectivity index (χ3v) is 2.77. The van der Waals surface area contributed by atoms with Crippen LogP contribution in [0.25, 0.3) is 0 Å². The van der Waals surface area contributed by atoms with Gasteiger partial charge < -0.3 is 19.3 Å². The fourth-order valence-electron chi connectivity index (χ4n) is 1.75. The Balaban J connectivity index is 2.81. The topological polar surface area (TPSA) is 65.0 Å². The molecule has 0 bridgehead atoms. The van der Waals surface area contributed by atoms with Crippen LogP contribution < -0.4 is 9.47 Å². The van der Waals surface area contributed by atoms with Crippen LogP contribution >= 0.6 is 0 Å². The third-order valence-electron chi connectivity index (χ3n) is 2.77. The molecular weight excluding hydrogens is 296 g/mol. The van der Waals surface area contributed by atoms with Gasteiger partial charge >= 0.3 is 5.97 Å². The molecule has 0 aromatic heterocycles. The number of carbonyl (C=O) groups excluding carboxylic acids is 1. The van der Waals surface area contributed by atoms with Crippen molar-refractivity contribution in [3.05, 3.63) is 61.7 Å². The molecule has 1 aromatic rings. The summed E-state index contributed by atoms with van der Waals surface area (Å²) < 4.78 is 15.9. The lowest BCUT2D eigenvalue weighted by molar-refractivity contribution is -0.152. The maximum absolute atomic E-state index is 11.6. The van der Waals surface area contributed by atoms with Gasteiger partial charge in [0.1, 0.15) is 19.8 Å². The van der Waals surface area contributed by atoms with E-state index in [2.05, 4.69) is 19.7 Å². The number of carbonyl (C=O) groups is 1. The van der Waals surface area contributed by atoms with E-state index in [1.165, 1.54) is 6.08 Å². The van der Waals surface area contributed by atoms with Gasteiger partial charge in [0.25, 0.3) is 0 Å². The number of aliphatic hydroxyl groups is 1. The summed E-state index contributed by atoms with van der Waals surface area (Å²) in [6.07, 6.45) is 3.55. The van der Waals surface area contributed by atoms with Crippen molar-refractivity contribution in [3.8, 4) is 11.5 Å². The van der Waals surface area contributed by atoms with Gasteiger partial charge in [0.05, 0.1) is 0 Å². The van der Waals surface area contributed by atoms with Crippen molar-refractivity contribution < 1.29 is 24.1 Å². The van der Waals surface area contributed by atoms with Crippen LogP contribution in [0.5, 0.6) is 11.5 Å². The minimum absolute atomic E-state index is 0.0674. The molecule has 0 amide bonds. The van der Waals surface area contributed by atoms with Crippen LogP contribution in [0.1, 0.15) is 5.56 Å². The number of benzene rings is 1. The normalized spacial score (nSPS) is 11.2. The maximum atomic E-state index is 11.6. The van der Waals surface area contributed by atoms with Gasteiger partial charge in [-0.15, -0.1) is 0 Å². The molecule has 1 unspecified atom stereocenters. The fourth-order valence-corrected chi connectivity index (χ4v) is 1.75. The zero-order chi connectivity index (χ0) is 17.1. The molecule has 5 nitrogen and oxygen atoms in total. The Labute approximate surface area is 136 Å². The smallest absolute Gasteiger partial charge is 0.335 e. The molecule has 0 spiro atoms. The minimum atomic E-state index is -1.25. The molecule has 5 heteroatoms. The lowest BCUT2D eigenvalue weighted by atomic mass is 10.1. The van der Waals surface area contributed by atoms with E-state index in [0.29, 0.717) is 24.7 Å². The Morgan fingerprint density at radius 3 is 2.26 bits per heavy atom. The molecule has 0 aliphatic carbocycles. The maximum Gasteiger partial charge on any atom is 0.335 e. The number of esters is 1. The van der Waals surface area contributed by atoms with Crippen molar-refractivity contribution in [2.24, 2.45) is 0 Å². The summed E-state index contributed by atoms with van der Waals surface area (Å²) >= 11 is 0. The van der Waals surface area contributed by atoms with Gasteiger partial charge in [0.15, 0.2) is 17.6 Å². The Bertz CT molecular complexity index is 550. The average Bonchev–Trinajstić information content (AvgIpc) is 2.56. The second kappa shape index (κ2) is 10.2. The van der Waals surface area contributed by atoms with E-state index in [1.54, 1.807) is 30.4 Å². The molecule has 0 saturated carbocycles. The Morgan fingerprint density at radius 1 is 1.04 bits per heavy atom. The molecule has 124 valence electrons. The summed E-state index contributed by atoms with van der Waals surface area (Å²) in [6, 6.07) is 5.19. The predicted octanol–water partition coefficient (Wildman–Crippen LogP) is 2.45. The lowest BCUT2D eigenvalue weighted by Gasteiger charge is -2.14. The van der Waals surface area contributed by atoms with Crippen molar-refractivity contribution in [2.45, 2.75) is 12.5 Å². The second-order valence-electron chi connectivity index (χ2n) is 4.62. The Kier molecular flexibility index (Phi) is 8.24. The van der Waals surface area contributed by atoms with Gasteiger partial charge in [0, 0.05) is 6.42 Å². The quantitative estimate of drug-likeness (QED) is 0.501. The molecule has 0 heterocycles. The van der Waals surface area contributed by atoms with Gasteiger partial charge in [-0.3, -0.25) is 0 Å². The van der Waals surface area contributed by atoms with E-state index in [1.807, 2.05) is 0 Å². The highest BCUT2D eigenvalue weighted by atomic mass is 16.5. The number of rotatable bonds is 11. The zero-order valence-electron chi connectivity index (χ0n) is 13.1. The van der Waals surface area contributed by atoms with Gasteiger partial charge in [-0.05, 0) is 17.7 Å². The lowest BCUT2D eigenvalue weighted by Crippen LogP contribution is -2.25. The van der Waals surface area contributed by atoms with Crippen molar-refractivity contribution in [1.29, 1.82) is 0 Å². The summed E-state index contributed by atoms with van der Waals surface area (Å²) in [5, 5.41) is 9.87. The molecule has 1 N–H and O–H groups in total. The zero-order valence-corrected chi connectivity index (χ0v) is 13.1. The highest BCUT2D eigenvalue weighted by Crippen LogP contribution is 2.29. The van der Waals surface area contributed by atoms with E-state index >= 15 is 0 Å². The van der Waals surface area contributed by atoms with Gasteiger partial charge in [0.2, 0.25) is 0 Å². The van der Waals surface area contributed by atoms with Crippen LogP contribution in [-0.2, 0) is 16.0 Å². The molecule has 0 radical (unpaired) electrons. The van der Waals surface area contributed by atoms with Gasteiger partial charge in [-0.1, -0.05) is 44.0 Å². The number of hydrogen-bond donors (Lipinski definition) is 1. The van der Waals surface area contributed by atoms with Crippen LogP contribution in [0.2, 0.25) is 0 Å². The summed E-state index contributed by atoms with van der Waals surface area (Å²) in [6.45, 7) is 11.4. The molecule has 1 aromatic carbocycles. The Morgan fingerprint density at radius 2 is 1.65 bits per heavy atom. The first kappa shape index (κ1) is 18.5. The summed E-state index contributed by atoms with van der Waals surface area (Å²) in [5.41, 5.74) is 0.720. The number of aliphatic hydroxyl groups excluding tert-OH is 1. The molecule has 1 rings (SSSR count). The average molecular weight is 318 g/mol. The molecule has 23 heavy (non-hydrogen) atoms. The van der Waals surface area contributed by atoms with Crippen LogP contribution in [0.15, 0.2) is 56.2 Å². The Hall–Kier alpha value is -2.53. The largest absolute Gasteiger partial charge is 0.486 e.